The number of furan rings is 1. The van der Waals surface area contributed by atoms with Crippen LogP contribution in [0.5, 0.6) is 5.75 Å². The van der Waals surface area contributed by atoms with E-state index in [0.717, 1.165) is 27.8 Å². The lowest BCUT2D eigenvalue weighted by Gasteiger charge is -2.10. The van der Waals surface area contributed by atoms with E-state index in [9.17, 15) is 4.79 Å². The number of hydrogen-bond donors (Lipinski definition) is 1. The van der Waals surface area contributed by atoms with Crippen LogP contribution in [0.4, 0.5) is 0 Å². The maximum absolute atomic E-state index is 12.2. The average Bonchev–Trinajstić information content (AvgIpc) is 3.24. The molecule has 1 aromatic heterocycles. The fraction of sp³-hybridized carbons (Fsp3) is 0.0870. The van der Waals surface area contributed by atoms with Crippen LogP contribution < -0.4 is 10.1 Å². The largest absolute Gasteiger partial charge is 0.488 e. The number of fused-ring (bicyclic) bond motifs is 1. The highest BCUT2D eigenvalue weighted by Crippen LogP contribution is 2.25. The van der Waals surface area contributed by atoms with E-state index < -0.39 is 0 Å². The molecular weight excluding hydrogens is 338 g/mol. The van der Waals surface area contributed by atoms with Crippen molar-refractivity contribution in [3.05, 3.63) is 102 Å². The Balaban J connectivity index is 1.38. The maximum atomic E-state index is 12.2. The summed E-state index contributed by atoms with van der Waals surface area (Å²) in [6.45, 7) is 0.820. The smallest absolute Gasteiger partial charge is 0.251 e. The van der Waals surface area contributed by atoms with Crippen LogP contribution in [0.2, 0.25) is 0 Å². The van der Waals surface area contributed by atoms with E-state index in [1.54, 1.807) is 24.5 Å². The third kappa shape index (κ3) is 4.01. The molecule has 1 heterocycles. The Labute approximate surface area is 157 Å². The molecule has 4 rings (SSSR count). The average molecular weight is 357 g/mol. The number of nitrogens with one attached hydrogen (secondary N) is 1. The topological polar surface area (TPSA) is 51.5 Å². The first-order valence-corrected chi connectivity index (χ1v) is 8.80. The number of rotatable bonds is 6. The van der Waals surface area contributed by atoms with Gasteiger partial charge in [-0.25, -0.2) is 0 Å². The Morgan fingerprint density at radius 3 is 2.52 bits per heavy atom. The summed E-state index contributed by atoms with van der Waals surface area (Å²) < 4.78 is 11.2. The number of carbonyl (C=O) groups excluding carboxylic acids is 1. The highest BCUT2D eigenvalue weighted by molar-refractivity contribution is 5.94. The quantitative estimate of drug-likeness (QED) is 0.532. The summed E-state index contributed by atoms with van der Waals surface area (Å²) in [5, 5.41) is 5.08. The fourth-order valence-electron chi connectivity index (χ4n) is 2.92. The third-order valence-corrected chi connectivity index (χ3v) is 4.36. The van der Waals surface area contributed by atoms with Crippen LogP contribution in [0.1, 0.15) is 21.7 Å². The first-order valence-electron chi connectivity index (χ1n) is 8.80. The van der Waals surface area contributed by atoms with Crippen LogP contribution in [-0.2, 0) is 13.2 Å². The molecular formula is C23H19NO3. The zero-order valence-corrected chi connectivity index (χ0v) is 14.7. The molecule has 0 saturated carbocycles. The molecule has 0 radical (unpaired) electrons. The van der Waals surface area contributed by atoms with Crippen molar-refractivity contribution in [2.45, 2.75) is 13.2 Å². The van der Waals surface area contributed by atoms with Crippen LogP contribution in [0, 0.1) is 0 Å². The zero-order chi connectivity index (χ0) is 18.5. The van der Waals surface area contributed by atoms with Crippen molar-refractivity contribution in [2.75, 3.05) is 0 Å². The van der Waals surface area contributed by atoms with Gasteiger partial charge in [0, 0.05) is 10.9 Å². The molecule has 0 saturated heterocycles. The van der Waals surface area contributed by atoms with Gasteiger partial charge in [0.25, 0.3) is 5.91 Å². The molecule has 134 valence electrons. The molecule has 0 aliphatic carbocycles. The van der Waals surface area contributed by atoms with Crippen molar-refractivity contribution in [3.8, 4) is 5.75 Å². The number of ether oxygens (including phenoxy) is 1. The monoisotopic (exact) mass is 357 g/mol. The highest BCUT2D eigenvalue weighted by atomic mass is 16.5. The van der Waals surface area contributed by atoms with Crippen LogP contribution in [-0.4, -0.2) is 5.91 Å². The van der Waals surface area contributed by atoms with Crippen molar-refractivity contribution in [2.24, 2.45) is 0 Å². The third-order valence-electron chi connectivity index (χ3n) is 4.36. The normalized spacial score (nSPS) is 10.7. The van der Waals surface area contributed by atoms with Gasteiger partial charge in [-0.2, -0.15) is 0 Å². The van der Waals surface area contributed by atoms with Gasteiger partial charge in [-0.1, -0.05) is 48.5 Å². The lowest BCUT2D eigenvalue weighted by Crippen LogP contribution is -2.22. The van der Waals surface area contributed by atoms with Crippen molar-refractivity contribution in [1.29, 1.82) is 0 Å². The molecule has 0 aliphatic heterocycles. The molecule has 3 aromatic carbocycles. The molecule has 1 amide bonds. The van der Waals surface area contributed by atoms with E-state index in [1.807, 2.05) is 42.5 Å². The van der Waals surface area contributed by atoms with E-state index in [-0.39, 0.29) is 5.91 Å². The Hall–Kier alpha value is -3.53. The van der Waals surface area contributed by atoms with Gasteiger partial charge in [-0.3, -0.25) is 4.79 Å². The standard InChI is InChI=1S/C23H19NO3/c25-23(24-15-20-7-4-14-26-20)19-12-10-17(11-13-19)16-27-22-9-3-6-18-5-1-2-8-21(18)22/h1-14H,15-16H2,(H,24,25). The zero-order valence-electron chi connectivity index (χ0n) is 14.7. The Morgan fingerprint density at radius 1 is 0.889 bits per heavy atom. The summed E-state index contributed by atoms with van der Waals surface area (Å²) in [6.07, 6.45) is 1.59. The molecule has 0 unspecified atom stereocenters. The van der Waals surface area contributed by atoms with Crippen molar-refractivity contribution in [1.82, 2.24) is 5.32 Å². The Bertz CT molecular complexity index is 1030. The van der Waals surface area contributed by atoms with Gasteiger partial charge >= 0.3 is 0 Å². The summed E-state index contributed by atoms with van der Waals surface area (Å²) >= 11 is 0. The van der Waals surface area contributed by atoms with E-state index in [1.165, 1.54) is 0 Å². The van der Waals surface area contributed by atoms with Crippen LogP contribution in [0.3, 0.4) is 0 Å². The summed E-state index contributed by atoms with van der Waals surface area (Å²) in [5.41, 5.74) is 1.61. The van der Waals surface area contributed by atoms with E-state index in [0.29, 0.717) is 18.7 Å². The van der Waals surface area contributed by atoms with Gasteiger partial charge < -0.3 is 14.5 Å². The van der Waals surface area contributed by atoms with Crippen LogP contribution >= 0.6 is 0 Å². The van der Waals surface area contributed by atoms with Gasteiger partial charge in [-0.15, -0.1) is 0 Å². The molecule has 1 N–H and O–H groups in total. The first kappa shape index (κ1) is 16.9. The molecule has 4 aromatic rings. The van der Waals surface area contributed by atoms with E-state index in [2.05, 4.69) is 23.5 Å². The summed E-state index contributed by atoms with van der Waals surface area (Å²) in [5.74, 6) is 1.45. The molecule has 0 aliphatic rings. The minimum absolute atomic E-state index is 0.132. The van der Waals surface area contributed by atoms with Crippen molar-refractivity contribution in [3.63, 3.8) is 0 Å². The molecule has 0 atom stereocenters. The number of carbonyl (C=O) groups is 1. The number of amides is 1. The Morgan fingerprint density at radius 2 is 1.70 bits per heavy atom. The minimum atomic E-state index is -0.132. The van der Waals surface area contributed by atoms with Crippen molar-refractivity contribution >= 4 is 16.7 Å². The summed E-state index contributed by atoms with van der Waals surface area (Å²) in [4.78, 5) is 12.2. The van der Waals surface area contributed by atoms with Crippen LogP contribution in [0.25, 0.3) is 10.8 Å². The second kappa shape index (κ2) is 7.79. The molecule has 4 heteroatoms. The number of hydrogen-bond acceptors (Lipinski definition) is 3. The van der Waals surface area contributed by atoms with Gasteiger partial charge in [-0.05, 0) is 41.3 Å². The number of benzene rings is 3. The Kier molecular flexibility index (Phi) is 4.88. The van der Waals surface area contributed by atoms with Gasteiger partial charge in [0.05, 0.1) is 12.8 Å². The molecule has 0 spiro atoms. The summed E-state index contributed by atoms with van der Waals surface area (Å²) in [6, 6.07) is 25.2. The van der Waals surface area contributed by atoms with Gasteiger partial charge in [0.1, 0.15) is 18.1 Å². The first-order chi connectivity index (χ1) is 13.3. The van der Waals surface area contributed by atoms with Gasteiger partial charge in [0.2, 0.25) is 0 Å². The van der Waals surface area contributed by atoms with E-state index >= 15 is 0 Å². The maximum Gasteiger partial charge on any atom is 0.251 e. The predicted octanol–water partition coefficient (Wildman–Crippen LogP) is 4.94. The van der Waals surface area contributed by atoms with Crippen molar-refractivity contribution < 1.29 is 13.9 Å². The summed E-state index contributed by atoms with van der Waals surface area (Å²) in [7, 11) is 0. The molecule has 27 heavy (non-hydrogen) atoms. The second-order valence-corrected chi connectivity index (χ2v) is 6.22. The van der Waals surface area contributed by atoms with Crippen LogP contribution in [0.15, 0.2) is 89.5 Å². The fourth-order valence-corrected chi connectivity index (χ4v) is 2.92. The molecule has 0 bridgehead atoms. The minimum Gasteiger partial charge on any atom is -0.488 e. The van der Waals surface area contributed by atoms with Gasteiger partial charge in [0.15, 0.2) is 0 Å². The predicted molar refractivity (Wildman–Crippen MR) is 105 cm³/mol. The van der Waals surface area contributed by atoms with E-state index in [4.69, 9.17) is 9.15 Å². The highest BCUT2D eigenvalue weighted by Gasteiger charge is 2.07. The lowest BCUT2D eigenvalue weighted by molar-refractivity contribution is 0.0948. The molecule has 4 nitrogen and oxygen atoms in total. The molecule has 0 fully saturated rings. The second-order valence-electron chi connectivity index (χ2n) is 6.22. The lowest BCUT2D eigenvalue weighted by atomic mass is 10.1. The SMILES string of the molecule is O=C(NCc1ccco1)c1ccc(COc2cccc3ccccc23)cc1.